The molecule has 0 heterocycles. The number of hydrogen-bond acceptors (Lipinski definition) is 3. The Kier molecular flexibility index (Phi) is 5.38. The average molecular weight is 256 g/mol. The predicted molar refractivity (Wildman–Crippen MR) is 65.0 cm³/mol. The van der Waals surface area contributed by atoms with Crippen molar-refractivity contribution in [2.24, 2.45) is 0 Å². The highest BCUT2D eigenvalue weighted by Gasteiger charge is 2.11. The molecule has 1 unspecified atom stereocenters. The molecule has 6 heteroatoms. The quantitative estimate of drug-likeness (QED) is 0.741. The molecule has 0 aliphatic carbocycles. The minimum Gasteiger partial charge on any atom is -0.494 e. The Labute approximate surface area is 105 Å². The van der Waals surface area contributed by atoms with Gasteiger partial charge >= 0.3 is 6.03 Å². The Morgan fingerprint density at radius 3 is 2.89 bits per heavy atom. The molecule has 0 fully saturated rings. The molecule has 0 spiro atoms. The van der Waals surface area contributed by atoms with E-state index in [0.717, 1.165) is 5.56 Å². The molecule has 1 atom stereocenters. The maximum Gasteiger partial charge on any atom is 0.315 e. The molecule has 5 nitrogen and oxygen atoms in total. The monoisotopic (exact) mass is 256 g/mol. The van der Waals surface area contributed by atoms with Gasteiger partial charge in [0.25, 0.3) is 0 Å². The number of aliphatic hydroxyl groups is 1. The summed E-state index contributed by atoms with van der Waals surface area (Å²) < 4.78 is 18.1. The molecule has 0 radical (unpaired) electrons. The number of hydrogen-bond donors (Lipinski definition) is 3. The van der Waals surface area contributed by atoms with Gasteiger partial charge in [0.1, 0.15) is 0 Å². The highest BCUT2D eigenvalue weighted by Crippen LogP contribution is 2.22. The molecule has 2 amide bonds. The lowest BCUT2D eigenvalue weighted by Crippen LogP contribution is -2.38. The minimum absolute atomic E-state index is 0.119. The third kappa shape index (κ3) is 3.89. The van der Waals surface area contributed by atoms with Gasteiger partial charge in [-0.25, -0.2) is 9.18 Å². The van der Waals surface area contributed by atoms with Crippen LogP contribution in [-0.2, 0) is 0 Å². The van der Waals surface area contributed by atoms with Crippen molar-refractivity contribution in [3.63, 3.8) is 0 Å². The number of benzene rings is 1. The summed E-state index contributed by atoms with van der Waals surface area (Å²) in [6.45, 7) is 1.84. The second kappa shape index (κ2) is 6.80. The second-order valence-electron chi connectivity index (χ2n) is 3.74. The van der Waals surface area contributed by atoms with Crippen LogP contribution in [0.5, 0.6) is 5.75 Å². The van der Waals surface area contributed by atoms with Crippen molar-refractivity contribution in [3.8, 4) is 5.75 Å². The van der Waals surface area contributed by atoms with E-state index < -0.39 is 5.82 Å². The summed E-state index contributed by atoms with van der Waals surface area (Å²) in [5.41, 5.74) is 0.729. The number of urea groups is 1. The van der Waals surface area contributed by atoms with Crippen molar-refractivity contribution in [3.05, 3.63) is 29.6 Å². The summed E-state index contributed by atoms with van der Waals surface area (Å²) in [6, 6.07) is 3.72. The Morgan fingerprint density at radius 2 is 2.28 bits per heavy atom. The first-order valence-corrected chi connectivity index (χ1v) is 5.57. The maximum atomic E-state index is 13.2. The Bertz CT molecular complexity index is 412. The summed E-state index contributed by atoms with van der Waals surface area (Å²) in [5, 5.41) is 13.7. The number of amides is 2. The SMILES string of the molecule is COc1cc(C(C)NC(=O)NCCO)ccc1F. The van der Waals surface area contributed by atoms with Crippen LogP contribution in [0.15, 0.2) is 18.2 Å². The van der Waals surface area contributed by atoms with E-state index in [0.29, 0.717) is 0 Å². The number of rotatable bonds is 5. The van der Waals surface area contributed by atoms with Crippen LogP contribution >= 0.6 is 0 Å². The van der Waals surface area contributed by atoms with E-state index in [1.165, 1.54) is 19.2 Å². The minimum atomic E-state index is -0.446. The summed E-state index contributed by atoms with van der Waals surface area (Å²) >= 11 is 0. The molecule has 0 aromatic heterocycles. The fourth-order valence-electron chi connectivity index (χ4n) is 1.45. The second-order valence-corrected chi connectivity index (χ2v) is 3.74. The fraction of sp³-hybridized carbons (Fsp3) is 0.417. The standard InChI is InChI=1S/C12H17FN2O3/c1-8(15-12(17)14-5-6-16)9-3-4-10(13)11(7-9)18-2/h3-4,7-8,16H,5-6H2,1-2H3,(H2,14,15,17). The molecule has 1 rings (SSSR count). The molecule has 18 heavy (non-hydrogen) atoms. The number of methoxy groups -OCH3 is 1. The maximum absolute atomic E-state index is 13.2. The summed E-state index contributed by atoms with van der Waals surface area (Å²) in [5.74, 6) is -0.310. The van der Waals surface area contributed by atoms with Crippen LogP contribution < -0.4 is 15.4 Å². The number of nitrogens with one attached hydrogen (secondary N) is 2. The smallest absolute Gasteiger partial charge is 0.315 e. The summed E-state index contributed by atoms with van der Waals surface area (Å²) in [4.78, 5) is 11.4. The van der Waals surface area contributed by atoms with Crippen LogP contribution in [0.3, 0.4) is 0 Å². The normalized spacial score (nSPS) is 11.8. The van der Waals surface area contributed by atoms with E-state index in [4.69, 9.17) is 9.84 Å². The Balaban J connectivity index is 2.66. The lowest BCUT2D eigenvalue weighted by molar-refractivity contribution is 0.231. The van der Waals surface area contributed by atoms with Crippen LogP contribution in [0.1, 0.15) is 18.5 Å². The number of aliphatic hydroxyl groups excluding tert-OH is 1. The number of ether oxygens (including phenoxy) is 1. The molecular formula is C12H17FN2O3. The van der Waals surface area contributed by atoms with Crippen molar-refractivity contribution in [1.29, 1.82) is 0 Å². The predicted octanol–water partition coefficient (Wildman–Crippen LogP) is 1.19. The van der Waals surface area contributed by atoms with Crippen LogP contribution in [0, 0.1) is 5.82 Å². The van der Waals surface area contributed by atoms with Crippen LogP contribution in [0.2, 0.25) is 0 Å². The largest absolute Gasteiger partial charge is 0.494 e. The van der Waals surface area contributed by atoms with Gasteiger partial charge in [-0.05, 0) is 24.6 Å². The van der Waals surface area contributed by atoms with Gasteiger partial charge in [0.05, 0.1) is 19.8 Å². The van der Waals surface area contributed by atoms with Gasteiger partial charge in [-0.3, -0.25) is 0 Å². The molecule has 0 bridgehead atoms. The third-order valence-electron chi connectivity index (χ3n) is 2.42. The van der Waals surface area contributed by atoms with E-state index in [9.17, 15) is 9.18 Å². The molecule has 3 N–H and O–H groups in total. The van der Waals surface area contributed by atoms with Crippen LogP contribution in [0.25, 0.3) is 0 Å². The summed E-state index contributed by atoms with van der Waals surface area (Å²) in [6.07, 6.45) is 0. The first-order chi connectivity index (χ1) is 8.58. The molecular weight excluding hydrogens is 239 g/mol. The van der Waals surface area contributed by atoms with Crippen molar-refractivity contribution in [2.75, 3.05) is 20.3 Å². The highest BCUT2D eigenvalue weighted by molar-refractivity contribution is 5.74. The van der Waals surface area contributed by atoms with Crippen molar-refractivity contribution in [2.45, 2.75) is 13.0 Å². The Hall–Kier alpha value is -1.82. The van der Waals surface area contributed by atoms with Gasteiger partial charge in [-0.2, -0.15) is 0 Å². The zero-order chi connectivity index (χ0) is 13.5. The topological polar surface area (TPSA) is 70.6 Å². The lowest BCUT2D eigenvalue weighted by atomic mass is 10.1. The first-order valence-electron chi connectivity index (χ1n) is 5.57. The molecule has 0 saturated carbocycles. The third-order valence-corrected chi connectivity index (χ3v) is 2.42. The van der Waals surface area contributed by atoms with Crippen LogP contribution in [-0.4, -0.2) is 31.4 Å². The van der Waals surface area contributed by atoms with E-state index in [-0.39, 0.29) is 31.0 Å². The van der Waals surface area contributed by atoms with Gasteiger partial charge in [0.15, 0.2) is 11.6 Å². The molecule has 100 valence electrons. The van der Waals surface area contributed by atoms with E-state index in [1.807, 2.05) is 0 Å². The summed E-state index contributed by atoms with van der Waals surface area (Å²) in [7, 11) is 1.38. The van der Waals surface area contributed by atoms with Gasteiger partial charge in [0, 0.05) is 6.54 Å². The molecule has 0 aliphatic rings. The fourth-order valence-corrected chi connectivity index (χ4v) is 1.45. The Morgan fingerprint density at radius 1 is 1.56 bits per heavy atom. The number of halogens is 1. The van der Waals surface area contributed by atoms with Gasteiger partial charge in [0.2, 0.25) is 0 Å². The van der Waals surface area contributed by atoms with E-state index in [2.05, 4.69) is 10.6 Å². The molecule has 0 saturated heterocycles. The van der Waals surface area contributed by atoms with Gasteiger partial charge in [-0.15, -0.1) is 0 Å². The van der Waals surface area contributed by atoms with Crippen molar-refractivity contribution in [1.82, 2.24) is 10.6 Å². The average Bonchev–Trinajstić information content (AvgIpc) is 2.36. The van der Waals surface area contributed by atoms with Crippen molar-refractivity contribution < 1.29 is 19.0 Å². The van der Waals surface area contributed by atoms with E-state index >= 15 is 0 Å². The lowest BCUT2D eigenvalue weighted by Gasteiger charge is -2.15. The molecule has 1 aromatic rings. The highest BCUT2D eigenvalue weighted by atomic mass is 19.1. The molecule has 1 aromatic carbocycles. The number of carbonyl (C=O) groups is 1. The first kappa shape index (κ1) is 14.2. The number of carbonyl (C=O) groups excluding carboxylic acids is 1. The molecule has 0 aliphatic heterocycles. The van der Waals surface area contributed by atoms with Crippen LogP contribution in [0.4, 0.5) is 9.18 Å². The zero-order valence-corrected chi connectivity index (χ0v) is 10.4. The van der Waals surface area contributed by atoms with E-state index in [1.54, 1.807) is 13.0 Å². The van der Waals surface area contributed by atoms with Crippen molar-refractivity contribution >= 4 is 6.03 Å². The van der Waals surface area contributed by atoms with Gasteiger partial charge in [-0.1, -0.05) is 6.07 Å². The van der Waals surface area contributed by atoms with Gasteiger partial charge < -0.3 is 20.5 Å². The zero-order valence-electron chi connectivity index (χ0n) is 10.4.